The molecule has 0 radical (unpaired) electrons. The van der Waals surface area contributed by atoms with Crippen LogP contribution in [-0.4, -0.2) is 53.3 Å². The third-order valence-electron chi connectivity index (χ3n) is 5.08. The van der Waals surface area contributed by atoms with Crippen LogP contribution < -0.4 is 5.32 Å². The Labute approximate surface area is 174 Å². The number of nitrogens with zero attached hydrogens (tertiary/aromatic N) is 4. The molecule has 3 rings (SSSR count). The Morgan fingerprint density at radius 1 is 1.52 bits per heavy atom. The van der Waals surface area contributed by atoms with Crippen LogP contribution in [-0.2, 0) is 9.53 Å². The Bertz CT molecular complexity index is 913. The number of aromatic nitrogens is 2. The van der Waals surface area contributed by atoms with Crippen LogP contribution in [0.2, 0.25) is 0 Å². The highest BCUT2D eigenvalue weighted by atomic mass is 32.1. The fraction of sp³-hybridized carbons (Fsp3) is 0.500. The van der Waals surface area contributed by atoms with Crippen molar-refractivity contribution in [1.29, 1.82) is 5.26 Å². The molecule has 1 saturated heterocycles. The molecule has 0 aromatic carbocycles. The van der Waals surface area contributed by atoms with Gasteiger partial charge in [0, 0.05) is 50.3 Å². The van der Waals surface area contributed by atoms with E-state index in [9.17, 15) is 9.59 Å². The summed E-state index contributed by atoms with van der Waals surface area (Å²) >= 11 is 1.24. The minimum atomic E-state index is -0.282. The molecule has 0 unspecified atom stereocenters. The van der Waals surface area contributed by atoms with Gasteiger partial charge >= 0.3 is 0 Å². The second-order valence-corrected chi connectivity index (χ2v) is 8.24. The molecule has 29 heavy (non-hydrogen) atoms. The lowest BCUT2D eigenvalue weighted by molar-refractivity contribution is -0.129. The predicted octanol–water partition coefficient (Wildman–Crippen LogP) is 2.36. The van der Waals surface area contributed by atoms with Crippen molar-refractivity contribution in [2.24, 2.45) is 5.92 Å². The molecule has 9 heteroatoms. The molecule has 1 aliphatic rings. The summed E-state index contributed by atoms with van der Waals surface area (Å²) in [5.74, 6) is -0.327. The third-order valence-corrected chi connectivity index (χ3v) is 6.00. The van der Waals surface area contributed by atoms with Gasteiger partial charge in [0.15, 0.2) is 0 Å². The molecule has 2 aromatic heterocycles. The van der Waals surface area contributed by atoms with Gasteiger partial charge in [-0.05, 0) is 25.3 Å². The summed E-state index contributed by atoms with van der Waals surface area (Å²) < 4.78 is 7.04. The molecule has 1 N–H and O–H groups in total. The monoisotopic (exact) mass is 415 g/mol. The van der Waals surface area contributed by atoms with E-state index in [1.807, 2.05) is 35.7 Å². The Morgan fingerprint density at radius 2 is 2.31 bits per heavy atom. The minimum Gasteiger partial charge on any atom is -0.383 e. The predicted molar refractivity (Wildman–Crippen MR) is 108 cm³/mol. The van der Waals surface area contributed by atoms with Crippen LogP contribution in [0.4, 0.5) is 0 Å². The number of amides is 2. The normalized spacial score (nSPS) is 19.0. The summed E-state index contributed by atoms with van der Waals surface area (Å²) in [4.78, 5) is 27.4. The molecule has 0 aliphatic carbocycles. The minimum absolute atomic E-state index is 0.0393. The average Bonchev–Trinajstić information content (AvgIpc) is 3.42. The lowest BCUT2D eigenvalue weighted by Crippen LogP contribution is -2.35. The van der Waals surface area contributed by atoms with Gasteiger partial charge in [-0.3, -0.25) is 14.3 Å². The van der Waals surface area contributed by atoms with Crippen molar-refractivity contribution in [3.05, 3.63) is 39.8 Å². The first-order valence-corrected chi connectivity index (χ1v) is 10.4. The maximum absolute atomic E-state index is 12.7. The van der Waals surface area contributed by atoms with Crippen LogP contribution in [0.3, 0.4) is 0 Å². The van der Waals surface area contributed by atoms with E-state index in [2.05, 4.69) is 10.4 Å². The van der Waals surface area contributed by atoms with Crippen LogP contribution in [0.25, 0.3) is 0 Å². The van der Waals surface area contributed by atoms with E-state index in [1.165, 1.54) is 11.3 Å². The Morgan fingerprint density at radius 3 is 2.97 bits per heavy atom. The number of carbonyl (C=O) groups excluding carboxylic acids is 2. The fourth-order valence-corrected chi connectivity index (χ4v) is 4.38. The maximum atomic E-state index is 12.7. The highest BCUT2D eigenvalue weighted by molar-refractivity contribution is 7.12. The smallest absolute Gasteiger partial charge is 0.262 e. The number of ether oxygens (including phenoxy) is 1. The first-order chi connectivity index (χ1) is 14.0. The van der Waals surface area contributed by atoms with Crippen molar-refractivity contribution >= 4 is 23.2 Å². The first kappa shape index (κ1) is 21.0. The van der Waals surface area contributed by atoms with E-state index in [1.54, 1.807) is 24.8 Å². The molecule has 0 spiro atoms. The van der Waals surface area contributed by atoms with E-state index in [4.69, 9.17) is 10.00 Å². The standard InChI is InChI=1S/C20H25N5O3S/c1-13(2)25-12-16(11-23-25)18-15(8-17(26)24(18)5-6-28-3)10-22-20(27)19-14(9-21)4-7-29-19/h4,7,11-13,15,18H,5-6,8,10H2,1-3H3,(H,22,27)/t15-,18+/m0/s1. The summed E-state index contributed by atoms with van der Waals surface area (Å²) in [5, 5.41) is 18.2. The van der Waals surface area contributed by atoms with E-state index in [-0.39, 0.29) is 29.8 Å². The molecular formula is C20H25N5O3S. The molecule has 2 aromatic rings. The van der Waals surface area contributed by atoms with Gasteiger partial charge in [-0.25, -0.2) is 0 Å². The topological polar surface area (TPSA) is 100 Å². The molecule has 0 saturated carbocycles. The molecule has 2 amide bonds. The van der Waals surface area contributed by atoms with Crippen molar-refractivity contribution in [3.63, 3.8) is 0 Å². The van der Waals surface area contributed by atoms with E-state index >= 15 is 0 Å². The number of nitrogens with one attached hydrogen (secondary N) is 1. The molecule has 154 valence electrons. The second kappa shape index (κ2) is 9.20. The summed E-state index contributed by atoms with van der Waals surface area (Å²) in [6.07, 6.45) is 4.11. The molecule has 1 aliphatic heterocycles. The number of rotatable bonds is 8. The Hall–Kier alpha value is -2.70. The highest BCUT2D eigenvalue weighted by Crippen LogP contribution is 2.37. The number of hydrogen-bond acceptors (Lipinski definition) is 6. The summed E-state index contributed by atoms with van der Waals surface area (Å²) in [6, 6.07) is 3.71. The molecule has 2 atom stereocenters. The highest BCUT2D eigenvalue weighted by Gasteiger charge is 2.41. The lowest BCUT2D eigenvalue weighted by Gasteiger charge is -2.27. The fourth-order valence-electron chi connectivity index (χ4n) is 3.62. The number of likely N-dealkylation sites (tertiary alicyclic amines) is 1. The number of methoxy groups -OCH3 is 1. The number of nitriles is 1. The first-order valence-electron chi connectivity index (χ1n) is 9.54. The average molecular weight is 416 g/mol. The van der Waals surface area contributed by atoms with Crippen LogP contribution in [0.1, 0.15) is 53.2 Å². The largest absolute Gasteiger partial charge is 0.383 e. The zero-order chi connectivity index (χ0) is 21.0. The van der Waals surface area contributed by atoms with Gasteiger partial charge in [0.05, 0.1) is 24.4 Å². The SMILES string of the molecule is COCCN1C(=O)C[C@@H](CNC(=O)c2sccc2C#N)[C@@H]1c1cnn(C(C)C)c1. The van der Waals surface area contributed by atoms with Gasteiger partial charge in [-0.1, -0.05) is 0 Å². The van der Waals surface area contributed by atoms with Crippen molar-refractivity contribution in [2.75, 3.05) is 26.8 Å². The van der Waals surface area contributed by atoms with Crippen LogP contribution in [0.15, 0.2) is 23.8 Å². The van der Waals surface area contributed by atoms with Gasteiger partial charge in [0.1, 0.15) is 10.9 Å². The van der Waals surface area contributed by atoms with Gasteiger partial charge < -0.3 is 15.0 Å². The van der Waals surface area contributed by atoms with E-state index in [0.29, 0.717) is 36.6 Å². The van der Waals surface area contributed by atoms with Gasteiger partial charge in [-0.15, -0.1) is 11.3 Å². The van der Waals surface area contributed by atoms with E-state index in [0.717, 1.165) is 5.56 Å². The Balaban J connectivity index is 1.78. The van der Waals surface area contributed by atoms with Crippen molar-refractivity contribution in [1.82, 2.24) is 20.0 Å². The van der Waals surface area contributed by atoms with E-state index < -0.39 is 0 Å². The zero-order valence-corrected chi connectivity index (χ0v) is 17.6. The Kier molecular flexibility index (Phi) is 6.67. The number of hydrogen-bond donors (Lipinski definition) is 1. The lowest BCUT2D eigenvalue weighted by atomic mass is 9.95. The molecule has 3 heterocycles. The van der Waals surface area contributed by atoms with Crippen molar-refractivity contribution < 1.29 is 14.3 Å². The van der Waals surface area contributed by atoms with Crippen LogP contribution in [0.5, 0.6) is 0 Å². The van der Waals surface area contributed by atoms with Gasteiger partial charge in [0.25, 0.3) is 5.91 Å². The quantitative estimate of drug-likeness (QED) is 0.713. The number of thiophene rings is 1. The summed E-state index contributed by atoms with van der Waals surface area (Å²) in [6.45, 7) is 5.37. The zero-order valence-electron chi connectivity index (χ0n) is 16.8. The molecular weight excluding hydrogens is 390 g/mol. The second-order valence-electron chi connectivity index (χ2n) is 7.32. The van der Waals surface area contributed by atoms with Gasteiger partial charge in [-0.2, -0.15) is 10.4 Å². The summed E-state index contributed by atoms with van der Waals surface area (Å²) in [7, 11) is 1.61. The van der Waals surface area contributed by atoms with Gasteiger partial charge in [0.2, 0.25) is 5.91 Å². The van der Waals surface area contributed by atoms with Crippen LogP contribution >= 0.6 is 11.3 Å². The van der Waals surface area contributed by atoms with Crippen LogP contribution in [0, 0.1) is 17.2 Å². The molecule has 0 bridgehead atoms. The number of carbonyl (C=O) groups is 2. The van der Waals surface area contributed by atoms with Crippen molar-refractivity contribution in [3.8, 4) is 6.07 Å². The molecule has 1 fully saturated rings. The molecule has 8 nitrogen and oxygen atoms in total. The maximum Gasteiger partial charge on any atom is 0.262 e. The summed E-state index contributed by atoms with van der Waals surface area (Å²) in [5.41, 5.74) is 1.32. The third kappa shape index (κ3) is 4.49. The van der Waals surface area contributed by atoms with Crippen molar-refractivity contribution in [2.45, 2.75) is 32.4 Å².